The number of phenols is 1. The summed E-state index contributed by atoms with van der Waals surface area (Å²) < 4.78 is 0. The van der Waals surface area contributed by atoms with E-state index in [2.05, 4.69) is 10.3 Å². The second-order valence-corrected chi connectivity index (χ2v) is 6.90. The van der Waals surface area contributed by atoms with Crippen LogP contribution in [0.1, 0.15) is 20.7 Å². The summed E-state index contributed by atoms with van der Waals surface area (Å²) in [5.41, 5.74) is 3.47. The number of hydrogen-bond acceptors (Lipinski definition) is 4. The second kappa shape index (κ2) is 10.2. The Morgan fingerprint density at radius 1 is 0.750 bits per heavy atom. The van der Waals surface area contributed by atoms with Crippen molar-refractivity contribution in [1.29, 1.82) is 0 Å². The third kappa shape index (κ3) is 5.23. The number of nitrogens with zero attached hydrogens (tertiary/aromatic N) is 1. The predicted octanol–water partition coefficient (Wildman–Crippen LogP) is 4.42. The Hall–Kier alpha value is -3.45. The third-order valence-electron chi connectivity index (χ3n) is 4.79. The molecule has 1 aromatic heterocycles. The monoisotopic (exact) mass is 434 g/mol. The molecular formula is C25H19N2NaO4. The van der Waals surface area contributed by atoms with E-state index in [0.29, 0.717) is 16.7 Å². The van der Waals surface area contributed by atoms with Crippen molar-refractivity contribution >= 4 is 47.1 Å². The molecule has 6 nitrogen and oxygen atoms in total. The van der Waals surface area contributed by atoms with E-state index in [1.54, 1.807) is 48.7 Å². The van der Waals surface area contributed by atoms with Gasteiger partial charge in [-0.3, -0.25) is 9.78 Å². The Kier molecular flexibility index (Phi) is 7.43. The molecule has 0 radical (unpaired) electrons. The molecule has 0 fully saturated rings. The number of aromatic hydroxyl groups is 1. The Morgan fingerprint density at radius 2 is 1.47 bits per heavy atom. The van der Waals surface area contributed by atoms with E-state index in [1.165, 1.54) is 12.3 Å². The minimum absolute atomic E-state index is 0. The molecule has 0 saturated heterocycles. The number of anilines is 1. The topological polar surface area (TPSA) is 99.5 Å². The van der Waals surface area contributed by atoms with Crippen LogP contribution >= 0.6 is 0 Å². The first-order valence-corrected chi connectivity index (χ1v) is 9.50. The van der Waals surface area contributed by atoms with Crippen LogP contribution in [-0.2, 0) is 0 Å². The van der Waals surface area contributed by atoms with Crippen LogP contribution in [0.4, 0.5) is 5.69 Å². The molecule has 154 valence electrons. The molecule has 0 atom stereocenters. The summed E-state index contributed by atoms with van der Waals surface area (Å²) in [7, 11) is 0. The number of carbonyl (C=O) groups is 2. The number of aromatic nitrogens is 1. The van der Waals surface area contributed by atoms with Crippen molar-refractivity contribution in [3.63, 3.8) is 0 Å². The molecule has 1 amide bonds. The van der Waals surface area contributed by atoms with E-state index in [9.17, 15) is 19.8 Å². The first-order chi connectivity index (χ1) is 15.0. The summed E-state index contributed by atoms with van der Waals surface area (Å²) >= 11 is 0. The van der Waals surface area contributed by atoms with Gasteiger partial charge in [0.25, 0.3) is 5.91 Å². The number of aromatic carboxylic acids is 1. The van der Waals surface area contributed by atoms with Crippen LogP contribution < -0.4 is 5.32 Å². The molecule has 0 bridgehead atoms. The summed E-state index contributed by atoms with van der Waals surface area (Å²) in [6, 6.07) is 22.5. The van der Waals surface area contributed by atoms with Crippen molar-refractivity contribution in [1.82, 2.24) is 4.98 Å². The second-order valence-electron chi connectivity index (χ2n) is 6.90. The van der Waals surface area contributed by atoms with E-state index in [-0.39, 0.29) is 46.6 Å². The summed E-state index contributed by atoms with van der Waals surface area (Å²) in [5.74, 6) is -1.54. The first-order valence-electron chi connectivity index (χ1n) is 9.50. The molecule has 0 unspecified atom stereocenters. The van der Waals surface area contributed by atoms with Gasteiger partial charge in [-0.25, -0.2) is 4.79 Å². The quantitative estimate of drug-likeness (QED) is 0.404. The summed E-state index contributed by atoms with van der Waals surface area (Å²) in [4.78, 5) is 28.7. The molecule has 3 aromatic carbocycles. The van der Waals surface area contributed by atoms with Gasteiger partial charge in [0, 0.05) is 18.0 Å². The van der Waals surface area contributed by atoms with Crippen LogP contribution in [0, 0.1) is 0 Å². The molecule has 0 aliphatic rings. The number of hydrogen-bond donors (Lipinski definition) is 3. The van der Waals surface area contributed by atoms with Gasteiger partial charge in [0.05, 0.1) is 16.8 Å². The average molecular weight is 434 g/mol. The van der Waals surface area contributed by atoms with Crippen molar-refractivity contribution < 1.29 is 19.8 Å². The van der Waals surface area contributed by atoms with E-state index in [0.717, 1.165) is 11.1 Å². The standard InChI is InChI=1S/C25H18N2O4.Na.H/c28-21-8-4-7-17(12-21)18-9-10-22(25(30)31)23(13-18)27-24(29)20-11-19(14-26-15-20)16-5-2-1-3-6-16;;/h1-15,28H,(H,27,29)(H,30,31);;. The Balaban J connectivity index is 0.00000289. The van der Waals surface area contributed by atoms with Gasteiger partial charge in [0.1, 0.15) is 5.75 Å². The van der Waals surface area contributed by atoms with Crippen molar-refractivity contribution in [3.8, 4) is 28.0 Å². The summed E-state index contributed by atoms with van der Waals surface area (Å²) in [6.07, 6.45) is 3.10. The van der Waals surface area contributed by atoms with Crippen LogP contribution in [0.3, 0.4) is 0 Å². The molecule has 3 N–H and O–H groups in total. The van der Waals surface area contributed by atoms with Gasteiger partial charge in [-0.15, -0.1) is 0 Å². The zero-order chi connectivity index (χ0) is 21.8. The van der Waals surface area contributed by atoms with Crippen LogP contribution in [0.15, 0.2) is 91.3 Å². The number of nitrogens with one attached hydrogen (secondary N) is 1. The molecular weight excluding hydrogens is 415 g/mol. The fourth-order valence-electron chi connectivity index (χ4n) is 3.25. The molecule has 4 aromatic rings. The van der Waals surface area contributed by atoms with Gasteiger partial charge in [-0.1, -0.05) is 48.5 Å². The third-order valence-corrected chi connectivity index (χ3v) is 4.79. The normalized spacial score (nSPS) is 10.1. The molecule has 1 heterocycles. The van der Waals surface area contributed by atoms with E-state index < -0.39 is 11.9 Å². The van der Waals surface area contributed by atoms with Gasteiger partial charge in [-0.2, -0.15) is 0 Å². The molecule has 0 aliphatic heterocycles. The van der Waals surface area contributed by atoms with Crippen LogP contribution in [-0.4, -0.2) is 56.6 Å². The van der Waals surface area contributed by atoms with Crippen molar-refractivity contribution in [2.45, 2.75) is 0 Å². The van der Waals surface area contributed by atoms with Gasteiger partial charge >= 0.3 is 35.5 Å². The summed E-state index contributed by atoms with van der Waals surface area (Å²) in [5, 5.41) is 22.0. The summed E-state index contributed by atoms with van der Waals surface area (Å²) in [6.45, 7) is 0. The Labute approximate surface area is 206 Å². The SMILES string of the molecule is O=C(Nc1cc(-c2cccc(O)c2)ccc1C(=O)O)c1cncc(-c2ccccc2)c1.[NaH]. The number of amides is 1. The fourth-order valence-corrected chi connectivity index (χ4v) is 3.25. The number of carboxylic acids is 1. The molecule has 0 saturated carbocycles. The first kappa shape index (κ1) is 23.2. The predicted molar refractivity (Wildman–Crippen MR) is 125 cm³/mol. The van der Waals surface area contributed by atoms with Gasteiger partial charge in [0.15, 0.2) is 0 Å². The number of benzene rings is 3. The zero-order valence-corrected chi connectivity index (χ0v) is 16.3. The Morgan fingerprint density at radius 3 is 2.19 bits per heavy atom. The van der Waals surface area contributed by atoms with Gasteiger partial charge in [0.2, 0.25) is 0 Å². The van der Waals surface area contributed by atoms with E-state index in [4.69, 9.17) is 0 Å². The van der Waals surface area contributed by atoms with Crippen LogP contribution in [0.5, 0.6) is 5.75 Å². The maximum absolute atomic E-state index is 12.9. The number of carbonyl (C=O) groups excluding carboxylic acids is 1. The number of phenolic OH excluding ortho intramolecular Hbond substituents is 1. The van der Waals surface area contributed by atoms with E-state index in [1.807, 2.05) is 30.3 Å². The van der Waals surface area contributed by atoms with Crippen molar-refractivity contribution in [2.24, 2.45) is 0 Å². The zero-order valence-electron chi connectivity index (χ0n) is 16.3. The van der Waals surface area contributed by atoms with Gasteiger partial charge < -0.3 is 15.5 Å². The number of pyridine rings is 1. The fraction of sp³-hybridized carbons (Fsp3) is 0. The van der Waals surface area contributed by atoms with Crippen molar-refractivity contribution in [2.75, 3.05) is 5.32 Å². The van der Waals surface area contributed by atoms with Gasteiger partial charge in [-0.05, 0) is 47.0 Å². The number of rotatable bonds is 5. The molecule has 0 aliphatic carbocycles. The average Bonchev–Trinajstić information content (AvgIpc) is 2.79. The molecule has 0 spiro atoms. The maximum atomic E-state index is 12.9. The van der Waals surface area contributed by atoms with Crippen LogP contribution in [0.25, 0.3) is 22.3 Å². The molecule has 32 heavy (non-hydrogen) atoms. The molecule has 7 heteroatoms. The number of carboxylic acid groups (broad SMARTS) is 1. The van der Waals surface area contributed by atoms with E-state index >= 15 is 0 Å². The molecule has 4 rings (SSSR count). The van der Waals surface area contributed by atoms with Crippen LogP contribution in [0.2, 0.25) is 0 Å². The van der Waals surface area contributed by atoms with Crippen molar-refractivity contribution in [3.05, 3.63) is 102 Å². The minimum atomic E-state index is -1.16. The Bertz CT molecular complexity index is 1280.